The lowest BCUT2D eigenvalue weighted by atomic mass is 9.76. The van der Waals surface area contributed by atoms with Gasteiger partial charge in [-0.15, -0.1) is 0 Å². The van der Waals surface area contributed by atoms with Gasteiger partial charge in [0, 0.05) is 23.4 Å². The third-order valence-corrected chi connectivity index (χ3v) is 7.41. The molecular formula is C23H26ClNO4S. The summed E-state index contributed by atoms with van der Waals surface area (Å²) in [5.74, 6) is -0.808. The molecule has 1 aliphatic carbocycles. The molecule has 1 unspecified atom stereocenters. The van der Waals surface area contributed by atoms with Gasteiger partial charge in [-0.2, -0.15) is 0 Å². The second kappa shape index (κ2) is 9.77. The molecule has 0 radical (unpaired) electrons. The number of rotatable bonds is 10. The predicted octanol–water partition coefficient (Wildman–Crippen LogP) is 4.70. The van der Waals surface area contributed by atoms with E-state index >= 15 is 0 Å². The van der Waals surface area contributed by atoms with Gasteiger partial charge < -0.3 is 5.11 Å². The Balaban J connectivity index is 1.71. The first kappa shape index (κ1) is 22.5. The molecule has 0 bridgehead atoms. The van der Waals surface area contributed by atoms with Crippen LogP contribution >= 0.6 is 11.6 Å². The molecule has 0 spiro atoms. The highest BCUT2D eigenvalue weighted by molar-refractivity contribution is 7.89. The Hall–Kier alpha value is -2.15. The van der Waals surface area contributed by atoms with E-state index in [0.29, 0.717) is 24.4 Å². The summed E-state index contributed by atoms with van der Waals surface area (Å²) in [7, 11) is -3.60. The number of hydrogen-bond acceptors (Lipinski definition) is 3. The van der Waals surface area contributed by atoms with Crippen LogP contribution in [0.1, 0.15) is 43.2 Å². The van der Waals surface area contributed by atoms with E-state index in [1.807, 2.05) is 24.3 Å². The van der Waals surface area contributed by atoms with Crippen molar-refractivity contribution in [3.05, 3.63) is 76.8 Å². The Morgan fingerprint density at radius 1 is 1.13 bits per heavy atom. The lowest BCUT2D eigenvalue weighted by Gasteiger charge is -2.30. The molecule has 2 aromatic rings. The zero-order valence-corrected chi connectivity index (χ0v) is 18.3. The summed E-state index contributed by atoms with van der Waals surface area (Å²) in [4.78, 5) is 10.9. The topological polar surface area (TPSA) is 83.5 Å². The normalized spacial score (nSPS) is 18.6. The lowest BCUT2D eigenvalue weighted by Crippen LogP contribution is -2.32. The molecule has 30 heavy (non-hydrogen) atoms. The van der Waals surface area contributed by atoms with Gasteiger partial charge in [-0.3, -0.25) is 4.79 Å². The monoisotopic (exact) mass is 447 g/mol. The summed E-state index contributed by atoms with van der Waals surface area (Å²) in [5.41, 5.74) is 2.41. The minimum Gasteiger partial charge on any atom is -0.481 e. The fourth-order valence-corrected chi connectivity index (χ4v) is 5.25. The average molecular weight is 448 g/mol. The molecule has 0 saturated heterocycles. The van der Waals surface area contributed by atoms with Crippen LogP contribution in [0.15, 0.2) is 65.6 Å². The molecule has 0 aliphatic heterocycles. The molecule has 1 atom stereocenters. The predicted molar refractivity (Wildman–Crippen MR) is 118 cm³/mol. The van der Waals surface area contributed by atoms with Crippen LogP contribution in [0.25, 0.3) is 0 Å². The van der Waals surface area contributed by atoms with Crippen molar-refractivity contribution in [2.75, 3.05) is 6.54 Å². The zero-order chi connectivity index (χ0) is 21.6. The van der Waals surface area contributed by atoms with Crippen molar-refractivity contribution in [1.82, 2.24) is 4.72 Å². The summed E-state index contributed by atoms with van der Waals surface area (Å²) in [6.07, 6.45) is 7.89. The number of allylic oxidation sites excluding steroid dienone is 2. The molecule has 0 amide bonds. The fraction of sp³-hybridized carbons (Fsp3) is 0.348. The maximum Gasteiger partial charge on any atom is 0.303 e. The van der Waals surface area contributed by atoms with Crippen molar-refractivity contribution in [2.45, 2.75) is 48.8 Å². The van der Waals surface area contributed by atoms with Gasteiger partial charge in [0.2, 0.25) is 10.0 Å². The number of halogens is 1. The average Bonchev–Trinajstić information content (AvgIpc) is 3.07. The van der Waals surface area contributed by atoms with Gasteiger partial charge >= 0.3 is 5.97 Å². The molecule has 160 valence electrons. The molecule has 0 saturated carbocycles. The van der Waals surface area contributed by atoms with Crippen LogP contribution in [-0.2, 0) is 26.7 Å². The minimum atomic E-state index is -3.60. The van der Waals surface area contributed by atoms with Gasteiger partial charge in [0.15, 0.2) is 0 Å². The Kier molecular flexibility index (Phi) is 7.34. The van der Waals surface area contributed by atoms with Crippen LogP contribution in [0.4, 0.5) is 0 Å². The second-order valence-corrected chi connectivity index (χ2v) is 9.85. The van der Waals surface area contributed by atoms with Gasteiger partial charge in [0.25, 0.3) is 0 Å². The van der Waals surface area contributed by atoms with E-state index in [1.165, 1.54) is 23.3 Å². The number of sulfonamides is 1. The van der Waals surface area contributed by atoms with E-state index in [4.69, 9.17) is 16.7 Å². The van der Waals surface area contributed by atoms with Gasteiger partial charge in [-0.1, -0.05) is 48.0 Å². The van der Waals surface area contributed by atoms with Crippen LogP contribution in [0, 0.1) is 0 Å². The number of nitrogens with one attached hydrogen (secondary N) is 1. The molecule has 3 rings (SSSR count). The molecule has 1 aliphatic rings. The third kappa shape index (κ3) is 5.50. The van der Waals surface area contributed by atoms with Crippen molar-refractivity contribution in [2.24, 2.45) is 0 Å². The quantitative estimate of drug-likeness (QED) is 0.517. The van der Waals surface area contributed by atoms with E-state index in [9.17, 15) is 13.2 Å². The number of hydrogen-bond donors (Lipinski definition) is 2. The number of fused-ring (bicyclic) bond motifs is 1. The largest absolute Gasteiger partial charge is 0.481 e. The molecule has 0 heterocycles. The summed E-state index contributed by atoms with van der Waals surface area (Å²) in [5, 5.41) is 9.29. The number of benzene rings is 2. The SMILES string of the molecule is O=C(O)CCC=CCC1(CCNS(=O)(=O)c2ccc(Cl)cc2)CCc2ccccc21. The minimum absolute atomic E-state index is 0.112. The van der Waals surface area contributed by atoms with E-state index < -0.39 is 16.0 Å². The van der Waals surface area contributed by atoms with Crippen molar-refractivity contribution < 1.29 is 18.3 Å². The Morgan fingerprint density at radius 2 is 1.87 bits per heavy atom. The molecule has 2 N–H and O–H groups in total. The molecule has 5 nitrogen and oxygen atoms in total. The summed E-state index contributed by atoms with van der Waals surface area (Å²) in [6, 6.07) is 14.4. The first-order valence-electron chi connectivity index (χ1n) is 10.0. The van der Waals surface area contributed by atoms with E-state index in [0.717, 1.165) is 19.3 Å². The lowest BCUT2D eigenvalue weighted by molar-refractivity contribution is -0.136. The van der Waals surface area contributed by atoms with Crippen LogP contribution in [-0.4, -0.2) is 26.0 Å². The summed E-state index contributed by atoms with van der Waals surface area (Å²) >= 11 is 5.85. The molecule has 0 aromatic heterocycles. The van der Waals surface area contributed by atoms with E-state index in [-0.39, 0.29) is 16.7 Å². The van der Waals surface area contributed by atoms with E-state index in [2.05, 4.69) is 16.9 Å². The zero-order valence-electron chi connectivity index (χ0n) is 16.7. The van der Waals surface area contributed by atoms with Gasteiger partial charge in [0.05, 0.1) is 4.90 Å². The van der Waals surface area contributed by atoms with Gasteiger partial charge in [-0.25, -0.2) is 13.1 Å². The van der Waals surface area contributed by atoms with Crippen LogP contribution in [0.2, 0.25) is 5.02 Å². The standard InChI is InChI=1S/C23H26ClNO4S/c24-19-9-11-20(12-10-19)30(28,29)25-17-16-23(14-5-1-2-8-22(26)27)15-13-18-6-3-4-7-21(18)23/h1,3-7,9-12,25H,2,8,13-17H2,(H,26,27). The van der Waals surface area contributed by atoms with Crippen molar-refractivity contribution in [3.63, 3.8) is 0 Å². The number of aliphatic carboxylic acids is 1. The Bertz CT molecular complexity index is 1020. The number of carbonyl (C=O) groups is 1. The second-order valence-electron chi connectivity index (χ2n) is 7.65. The molecular weight excluding hydrogens is 422 g/mol. The van der Waals surface area contributed by atoms with Crippen LogP contribution in [0.5, 0.6) is 0 Å². The molecule has 0 fully saturated rings. The first-order valence-corrected chi connectivity index (χ1v) is 11.9. The van der Waals surface area contributed by atoms with E-state index in [1.54, 1.807) is 12.1 Å². The highest BCUT2D eigenvalue weighted by atomic mass is 35.5. The molecule has 2 aromatic carbocycles. The van der Waals surface area contributed by atoms with Gasteiger partial charge in [-0.05, 0) is 67.5 Å². The van der Waals surface area contributed by atoms with Crippen molar-refractivity contribution in [3.8, 4) is 0 Å². The van der Waals surface area contributed by atoms with Crippen molar-refractivity contribution >= 4 is 27.6 Å². The number of aryl methyl sites for hydroxylation is 1. The fourth-order valence-electron chi connectivity index (χ4n) is 4.09. The number of carboxylic acids is 1. The Morgan fingerprint density at radius 3 is 2.60 bits per heavy atom. The first-order chi connectivity index (χ1) is 14.3. The summed E-state index contributed by atoms with van der Waals surface area (Å²) in [6.45, 7) is 0.322. The van der Waals surface area contributed by atoms with Crippen LogP contribution in [0.3, 0.4) is 0 Å². The highest BCUT2D eigenvalue weighted by Crippen LogP contribution is 2.44. The van der Waals surface area contributed by atoms with Crippen molar-refractivity contribution in [1.29, 1.82) is 0 Å². The van der Waals surface area contributed by atoms with Crippen LogP contribution < -0.4 is 4.72 Å². The number of carboxylic acid groups (broad SMARTS) is 1. The third-order valence-electron chi connectivity index (χ3n) is 5.68. The maximum atomic E-state index is 12.6. The Labute approximate surface area is 182 Å². The molecule has 7 heteroatoms. The van der Waals surface area contributed by atoms with Gasteiger partial charge in [0.1, 0.15) is 0 Å². The maximum absolute atomic E-state index is 12.6. The summed E-state index contributed by atoms with van der Waals surface area (Å²) < 4.78 is 27.9. The smallest absolute Gasteiger partial charge is 0.303 e. The highest BCUT2D eigenvalue weighted by Gasteiger charge is 2.37.